The largest absolute Gasteiger partial charge is 0.290 e. The first kappa shape index (κ1) is 15.0. The van der Waals surface area contributed by atoms with Gasteiger partial charge in [0.25, 0.3) is 5.91 Å². The number of aromatic nitrogens is 1. The van der Waals surface area contributed by atoms with Crippen LogP contribution in [0.4, 0.5) is 8.78 Å². The van der Waals surface area contributed by atoms with E-state index < -0.39 is 34.6 Å². The summed E-state index contributed by atoms with van der Waals surface area (Å²) < 4.78 is 27.3. The Morgan fingerprint density at radius 1 is 1.14 bits per heavy atom. The third-order valence-corrected chi connectivity index (χ3v) is 2.85. The van der Waals surface area contributed by atoms with Crippen molar-refractivity contribution in [2.45, 2.75) is 0 Å². The molecule has 0 fully saturated rings. The summed E-state index contributed by atoms with van der Waals surface area (Å²) in [5.41, 5.74) is 0.262. The Hall–Kier alpha value is -2.38. The molecule has 0 spiro atoms. The average molecular weight is 312 g/mol. The highest BCUT2D eigenvalue weighted by atomic mass is 35.5. The average Bonchev–Trinajstić information content (AvgIpc) is 2.46. The lowest BCUT2D eigenvalue weighted by Crippen LogP contribution is -2.32. The molecule has 0 atom stereocenters. The summed E-state index contributed by atoms with van der Waals surface area (Å²) in [5, 5.41) is -0.108. The van der Waals surface area contributed by atoms with E-state index in [1.54, 1.807) is 0 Å². The third-order valence-electron chi connectivity index (χ3n) is 2.64. The van der Waals surface area contributed by atoms with Crippen molar-refractivity contribution in [1.29, 1.82) is 0 Å². The van der Waals surface area contributed by atoms with Crippen LogP contribution in [0.25, 0.3) is 0 Å². The van der Waals surface area contributed by atoms with Gasteiger partial charge in [0.15, 0.2) is 0 Å². The summed E-state index contributed by atoms with van der Waals surface area (Å²) in [6, 6.07) is 5.39. The highest BCUT2D eigenvalue weighted by Gasteiger charge is 2.25. The van der Waals surface area contributed by atoms with Crippen molar-refractivity contribution in [2.75, 3.05) is 0 Å². The first-order valence-corrected chi connectivity index (χ1v) is 5.99. The van der Waals surface area contributed by atoms with Gasteiger partial charge in [-0.1, -0.05) is 17.7 Å². The molecule has 0 saturated carbocycles. The zero-order chi connectivity index (χ0) is 15.6. The second kappa shape index (κ2) is 5.94. The first-order chi connectivity index (χ1) is 9.95. The van der Waals surface area contributed by atoms with Crippen LogP contribution >= 0.6 is 11.6 Å². The number of halogens is 3. The number of nitrogens with two attached hydrogens (primary N) is 1. The zero-order valence-corrected chi connectivity index (χ0v) is 11.1. The van der Waals surface area contributed by atoms with Gasteiger partial charge < -0.3 is 0 Å². The molecule has 3 N–H and O–H groups in total. The van der Waals surface area contributed by atoms with Gasteiger partial charge >= 0.3 is 0 Å². The molecule has 2 aromatic rings. The molecular formula is C13H8ClF2N3O2. The predicted octanol–water partition coefficient (Wildman–Crippen LogP) is 1.85. The van der Waals surface area contributed by atoms with Crippen molar-refractivity contribution in [1.82, 2.24) is 10.4 Å². The molecule has 0 aliphatic rings. The fraction of sp³-hybridized carbons (Fsp3) is 0. The normalized spacial score (nSPS) is 10.3. The summed E-state index contributed by atoms with van der Waals surface area (Å²) >= 11 is 5.66. The monoisotopic (exact) mass is 311 g/mol. The molecule has 0 aliphatic carbocycles. The zero-order valence-electron chi connectivity index (χ0n) is 10.4. The van der Waals surface area contributed by atoms with E-state index in [2.05, 4.69) is 4.98 Å². The number of nitrogens with one attached hydrogen (secondary N) is 1. The molecule has 0 saturated heterocycles. The SMILES string of the molecule is NNC(=O)c1ccc(Cl)nc1C(=O)c1c(F)cccc1F. The lowest BCUT2D eigenvalue weighted by atomic mass is 10.0. The van der Waals surface area contributed by atoms with Crippen molar-refractivity contribution < 1.29 is 18.4 Å². The van der Waals surface area contributed by atoms with E-state index in [0.717, 1.165) is 18.2 Å². The summed E-state index contributed by atoms with van der Waals surface area (Å²) in [4.78, 5) is 27.5. The van der Waals surface area contributed by atoms with Gasteiger partial charge in [0.1, 0.15) is 22.5 Å². The minimum Gasteiger partial charge on any atom is -0.290 e. The molecule has 1 aromatic carbocycles. The maximum Gasteiger partial charge on any atom is 0.267 e. The minimum absolute atomic E-state index is 0.108. The molecule has 2 rings (SSSR count). The summed E-state index contributed by atoms with van der Waals surface area (Å²) in [6.45, 7) is 0. The number of rotatable bonds is 3. The van der Waals surface area contributed by atoms with Crippen LogP contribution in [0.5, 0.6) is 0 Å². The van der Waals surface area contributed by atoms with Gasteiger partial charge in [-0.2, -0.15) is 0 Å². The standard InChI is InChI=1S/C13H8ClF2N3O2/c14-9-5-4-6(13(21)19-17)11(18-9)12(20)10-7(15)2-1-3-8(10)16/h1-5H,17H2,(H,19,21). The van der Waals surface area contributed by atoms with Gasteiger partial charge in [-0.3, -0.25) is 15.0 Å². The number of ketones is 1. The quantitative estimate of drug-likeness (QED) is 0.298. The Bertz CT molecular complexity index is 717. The second-order valence-electron chi connectivity index (χ2n) is 3.93. The summed E-state index contributed by atoms with van der Waals surface area (Å²) in [7, 11) is 0. The summed E-state index contributed by atoms with van der Waals surface area (Å²) in [6.07, 6.45) is 0. The minimum atomic E-state index is -1.10. The van der Waals surface area contributed by atoms with Crippen molar-refractivity contribution >= 4 is 23.3 Å². The van der Waals surface area contributed by atoms with E-state index in [4.69, 9.17) is 17.4 Å². The van der Waals surface area contributed by atoms with Crippen LogP contribution in [0.2, 0.25) is 5.15 Å². The molecule has 21 heavy (non-hydrogen) atoms. The number of carbonyl (C=O) groups excluding carboxylic acids is 2. The van der Waals surface area contributed by atoms with Crippen molar-refractivity contribution in [3.05, 3.63) is 63.9 Å². The smallest absolute Gasteiger partial charge is 0.267 e. The van der Waals surface area contributed by atoms with Crippen LogP contribution in [0.1, 0.15) is 26.4 Å². The highest BCUT2D eigenvalue weighted by molar-refractivity contribution is 6.30. The molecule has 0 unspecified atom stereocenters. The molecule has 8 heteroatoms. The molecule has 0 bridgehead atoms. The van der Waals surface area contributed by atoms with Crippen molar-refractivity contribution in [2.24, 2.45) is 5.84 Å². The lowest BCUT2D eigenvalue weighted by molar-refractivity contribution is 0.0939. The Kier molecular flexibility index (Phi) is 4.25. The molecule has 1 aromatic heterocycles. The number of hydrazine groups is 1. The third kappa shape index (κ3) is 2.88. The molecular weight excluding hydrogens is 304 g/mol. The van der Waals surface area contributed by atoms with Crippen LogP contribution in [-0.2, 0) is 0 Å². The van der Waals surface area contributed by atoms with Gasteiger partial charge in [0.05, 0.1) is 11.1 Å². The van der Waals surface area contributed by atoms with E-state index in [-0.39, 0.29) is 10.7 Å². The van der Waals surface area contributed by atoms with Crippen molar-refractivity contribution in [3.63, 3.8) is 0 Å². The Balaban J connectivity index is 2.63. The van der Waals surface area contributed by atoms with E-state index in [1.807, 2.05) is 5.43 Å². The molecule has 0 radical (unpaired) electrons. The Morgan fingerprint density at radius 3 is 2.33 bits per heavy atom. The van der Waals surface area contributed by atoms with Crippen LogP contribution in [-0.4, -0.2) is 16.7 Å². The second-order valence-corrected chi connectivity index (χ2v) is 4.32. The maximum absolute atomic E-state index is 13.7. The van der Waals surface area contributed by atoms with Crippen LogP contribution < -0.4 is 11.3 Å². The van der Waals surface area contributed by atoms with Crippen molar-refractivity contribution in [3.8, 4) is 0 Å². The number of amides is 1. The Labute approximate surface area is 122 Å². The lowest BCUT2D eigenvalue weighted by Gasteiger charge is -2.08. The number of pyridine rings is 1. The fourth-order valence-electron chi connectivity index (χ4n) is 1.70. The number of hydrogen-bond acceptors (Lipinski definition) is 4. The van der Waals surface area contributed by atoms with E-state index >= 15 is 0 Å². The number of benzene rings is 1. The first-order valence-electron chi connectivity index (χ1n) is 5.62. The van der Waals surface area contributed by atoms with E-state index in [0.29, 0.717) is 0 Å². The number of hydrogen-bond donors (Lipinski definition) is 2. The number of carbonyl (C=O) groups is 2. The van der Waals surface area contributed by atoms with Crippen LogP contribution in [0, 0.1) is 11.6 Å². The molecule has 1 amide bonds. The summed E-state index contributed by atoms with van der Waals surface area (Å²) in [5.74, 6) is 0.914. The van der Waals surface area contributed by atoms with Gasteiger partial charge in [0, 0.05) is 0 Å². The maximum atomic E-state index is 13.7. The highest BCUT2D eigenvalue weighted by Crippen LogP contribution is 2.20. The Morgan fingerprint density at radius 2 is 1.76 bits per heavy atom. The van der Waals surface area contributed by atoms with Gasteiger partial charge in [-0.25, -0.2) is 19.6 Å². The molecule has 5 nitrogen and oxygen atoms in total. The number of nitrogen functional groups attached to an aromatic ring is 1. The topological polar surface area (TPSA) is 85.1 Å². The van der Waals surface area contributed by atoms with Gasteiger partial charge in [0.2, 0.25) is 5.78 Å². The predicted molar refractivity (Wildman–Crippen MR) is 70.7 cm³/mol. The molecule has 1 heterocycles. The van der Waals surface area contributed by atoms with Crippen LogP contribution in [0.15, 0.2) is 30.3 Å². The van der Waals surface area contributed by atoms with Crippen LogP contribution in [0.3, 0.4) is 0 Å². The molecule has 0 aliphatic heterocycles. The number of nitrogens with zero attached hydrogens (tertiary/aromatic N) is 1. The van der Waals surface area contributed by atoms with E-state index in [1.165, 1.54) is 12.1 Å². The van der Waals surface area contributed by atoms with E-state index in [9.17, 15) is 18.4 Å². The molecule has 108 valence electrons. The fourth-order valence-corrected chi connectivity index (χ4v) is 1.85. The van der Waals surface area contributed by atoms with Gasteiger partial charge in [-0.05, 0) is 24.3 Å². The van der Waals surface area contributed by atoms with Gasteiger partial charge in [-0.15, -0.1) is 0 Å².